The van der Waals surface area contributed by atoms with Gasteiger partial charge in [-0.05, 0) is 33.2 Å². The Kier molecular flexibility index (Phi) is 4.08. The molecule has 5 nitrogen and oxygen atoms in total. The van der Waals surface area contributed by atoms with Crippen LogP contribution in [-0.2, 0) is 9.59 Å². The summed E-state index contributed by atoms with van der Waals surface area (Å²) >= 11 is 0. The third-order valence-corrected chi connectivity index (χ3v) is 2.72. The molecule has 15 heavy (non-hydrogen) atoms. The molecule has 0 saturated carbocycles. The van der Waals surface area contributed by atoms with E-state index in [1.54, 1.807) is 0 Å². The van der Waals surface area contributed by atoms with Crippen LogP contribution in [0.1, 0.15) is 26.7 Å². The molecule has 1 rings (SSSR count). The second kappa shape index (κ2) is 5.11. The molecule has 1 heterocycles. The van der Waals surface area contributed by atoms with Crippen molar-refractivity contribution >= 4 is 11.9 Å². The van der Waals surface area contributed by atoms with Crippen molar-refractivity contribution in [3.63, 3.8) is 0 Å². The van der Waals surface area contributed by atoms with Gasteiger partial charge in [-0.25, -0.2) is 0 Å². The van der Waals surface area contributed by atoms with Crippen LogP contribution >= 0.6 is 0 Å². The fourth-order valence-corrected chi connectivity index (χ4v) is 1.76. The van der Waals surface area contributed by atoms with Gasteiger partial charge < -0.3 is 15.7 Å². The van der Waals surface area contributed by atoms with Gasteiger partial charge in [0.25, 0.3) is 0 Å². The van der Waals surface area contributed by atoms with Gasteiger partial charge in [0.05, 0.1) is 0 Å². The number of aliphatic carboxylic acids is 1. The highest BCUT2D eigenvalue weighted by Crippen LogP contribution is 2.16. The van der Waals surface area contributed by atoms with E-state index in [4.69, 9.17) is 5.11 Å². The van der Waals surface area contributed by atoms with E-state index in [1.807, 2.05) is 6.92 Å². The first-order valence-corrected chi connectivity index (χ1v) is 5.27. The van der Waals surface area contributed by atoms with Gasteiger partial charge >= 0.3 is 5.97 Å². The van der Waals surface area contributed by atoms with Crippen LogP contribution in [0.4, 0.5) is 0 Å². The number of amides is 1. The van der Waals surface area contributed by atoms with Crippen LogP contribution in [0.15, 0.2) is 0 Å². The second-order valence-corrected chi connectivity index (χ2v) is 4.14. The highest BCUT2D eigenvalue weighted by atomic mass is 16.4. The van der Waals surface area contributed by atoms with Crippen LogP contribution in [0.25, 0.3) is 0 Å². The van der Waals surface area contributed by atoms with Crippen molar-refractivity contribution in [2.24, 2.45) is 5.92 Å². The van der Waals surface area contributed by atoms with Gasteiger partial charge in [0.15, 0.2) is 0 Å². The number of carboxylic acids is 1. The molecule has 0 bridgehead atoms. The second-order valence-electron chi connectivity index (χ2n) is 4.14. The lowest BCUT2D eigenvalue weighted by atomic mass is 9.92. The number of piperidine rings is 1. The Balaban J connectivity index is 2.42. The van der Waals surface area contributed by atoms with Crippen LogP contribution in [0.5, 0.6) is 0 Å². The van der Waals surface area contributed by atoms with Gasteiger partial charge in [-0.1, -0.05) is 0 Å². The maximum absolute atomic E-state index is 11.7. The Hall–Kier alpha value is -1.10. The van der Waals surface area contributed by atoms with Crippen LogP contribution in [0, 0.1) is 5.92 Å². The molecule has 0 spiro atoms. The number of carbonyl (C=O) groups excluding carboxylic acids is 1. The standard InChI is InChI=1S/C10H18N2O3/c1-6-5-8(3-4-11-6)9(13)12-7(2)10(14)15/h6-8,11H,3-5H2,1-2H3,(H,12,13)(H,14,15)/t6?,7-,8?/m0/s1. The fourth-order valence-electron chi connectivity index (χ4n) is 1.76. The van der Waals surface area contributed by atoms with E-state index in [0.29, 0.717) is 6.04 Å². The molecule has 1 amide bonds. The van der Waals surface area contributed by atoms with E-state index in [2.05, 4.69) is 10.6 Å². The smallest absolute Gasteiger partial charge is 0.325 e. The van der Waals surface area contributed by atoms with E-state index in [0.717, 1.165) is 19.4 Å². The van der Waals surface area contributed by atoms with Crippen molar-refractivity contribution < 1.29 is 14.7 Å². The zero-order chi connectivity index (χ0) is 11.4. The quantitative estimate of drug-likeness (QED) is 0.616. The summed E-state index contributed by atoms with van der Waals surface area (Å²) in [6.45, 7) is 4.32. The van der Waals surface area contributed by atoms with E-state index >= 15 is 0 Å². The first kappa shape index (κ1) is 12.0. The van der Waals surface area contributed by atoms with Crippen LogP contribution in [-0.4, -0.2) is 35.6 Å². The van der Waals surface area contributed by atoms with Gasteiger partial charge in [0, 0.05) is 12.0 Å². The first-order valence-electron chi connectivity index (χ1n) is 5.27. The molecule has 0 aliphatic carbocycles. The number of nitrogens with one attached hydrogen (secondary N) is 2. The van der Waals surface area contributed by atoms with E-state index in [9.17, 15) is 9.59 Å². The highest BCUT2D eigenvalue weighted by Gasteiger charge is 2.26. The maximum atomic E-state index is 11.7. The van der Waals surface area contributed by atoms with Crippen molar-refractivity contribution in [3.8, 4) is 0 Å². The normalized spacial score (nSPS) is 28.1. The molecule has 1 aliphatic rings. The third-order valence-electron chi connectivity index (χ3n) is 2.72. The molecule has 2 unspecified atom stereocenters. The molecule has 3 N–H and O–H groups in total. The lowest BCUT2D eigenvalue weighted by Crippen LogP contribution is -2.46. The SMILES string of the molecule is CC1CC(C(=O)N[C@@H](C)C(=O)O)CCN1. The summed E-state index contributed by atoms with van der Waals surface area (Å²) in [6.07, 6.45) is 1.56. The Bertz CT molecular complexity index is 255. The van der Waals surface area contributed by atoms with Crippen molar-refractivity contribution in [2.45, 2.75) is 38.8 Å². The fraction of sp³-hybridized carbons (Fsp3) is 0.800. The Morgan fingerprint density at radius 2 is 2.20 bits per heavy atom. The lowest BCUT2D eigenvalue weighted by molar-refractivity contribution is -0.142. The molecule has 1 fully saturated rings. The van der Waals surface area contributed by atoms with Crippen molar-refractivity contribution in [1.82, 2.24) is 10.6 Å². The number of carbonyl (C=O) groups is 2. The predicted octanol–water partition coefficient (Wildman–Crippen LogP) is -0.0362. The summed E-state index contributed by atoms with van der Waals surface area (Å²) in [5.74, 6) is -1.19. The molecule has 3 atom stereocenters. The van der Waals surface area contributed by atoms with Crippen molar-refractivity contribution in [1.29, 1.82) is 0 Å². The lowest BCUT2D eigenvalue weighted by Gasteiger charge is -2.27. The molecule has 86 valence electrons. The third kappa shape index (κ3) is 3.51. The number of rotatable bonds is 3. The van der Waals surface area contributed by atoms with E-state index in [1.165, 1.54) is 6.92 Å². The summed E-state index contributed by atoms with van der Waals surface area (Å²) in [6, 6.07) is -0.475. The van der Waals surface area contributed by atoms with Crippen LogP contribution in [0.2, 0.25) is 0 Å². The van der Waals surface area contributed by atoms with Gasteiger partial charge in [0.1, 0.15) is 6.04 Å². The molecule has 0 aromatic heterocycles. The minimum Gasteiger partial charge on any atom is -0.480 e. The Morgan fingerprint density at radius 3 is 2.73 bits per heavy atom. The molecule has 0 aromatic rings. The summed E-state index contributed by atoms with van der Waals surface area (Å²) in [4.78, 5) is 22.2. The molecule has 0 aromatic carbocycles. The Labute approximate surface area is 89.2 Å². The van der Waals surface area contributed by atoms with Crippen LogP contribution in [0.3, 0.4) is 0 Å². The average Bonchev–Trinajstić information content (AvgIpc) is 2.17. The molecule has 5 heteroatoms. The van der Waals surface area contributed by atoms with E-state index in [-0.39, 0.29) is 11.8 Å². The highest BCUT2D eigenvalue weighted by molar-refractivity contribution is 5.84. The zero-order valence-corrected chi connectivity index (χ0v) is 9.12. The number of hydrogen-bond acceptors (Lipinski definition) is 3. The zero-order valence-electron chi connectivity index (χ0n) is 9.12. The predicted molar refractivity (Wildman–Crippen MR) is 55.4 cm³/mol. The Morgan fingerprint density at radius 1 is 1.53 bits per heavy atom. The average molecular weight is 214 g/mol. The maximum Gasteiger partial charge on any atom is 0.325 e. The molecule has 0 radical (unpaired) electrons. The van der Waals surface area contributed by atoms with Crippen molar-refractivity contribution in [3.05, 3.63) is 0 Å². The summed E-state index contributed by atoms with van der Waals surface area (Å²) in [5, 5.41) is 14.4. The van der Waals surface area contributed by atoms with Crippen LogP contribution < -0.4 is 10.6 Å². The first-order chi connectivity index (χ1) is 7.00. The van der Waals surface area contributed by atoms with E-state index < -0.39 is 12.0 Å². The minimum atomic E-state index is -0.995. The summed E-state index contributed by atoms with van der Waals surface area (Å²) < 4.78 is 0. The van der Waals surface area contributed by atoms with Gasteiger partial charge in [-0.2, -0.15) is 0 Å². The molecular formula is C10H18N2O3. The molecule has 1 saturated heterocycles. The molecular weight excluding hydrogens is 196 g/mol. The van der Waals surface area contributed by atoms with Crippen molar-refractivity contribution in [2.75, 3.05) is 6.54 Å². The number of hydrogen-bond donors (Lipinski definition) is 3. The van der Waals surface area contributed by atoms with Gasteiger partial charge in [-0.3, -0.25) is 9.59 Å². The molecule has 1 aliphatic heterocycles. The number of carboxylic acid groups (broad SMARTS) is 1. The monoisotopic (exact) mass is 214 g/mol. The summed E-state index contributed by atoms with van der Waals surface area (Å²) in [7, 11) is 0. The largest absolute Gasteiger partial charge is 0.480 e. The summed E-state index contributed by atoms with van der Waals surface area (Å²) in [5.41, 5.74) is 0. The minimum absolute atomic E-state index is 0.0527. The topological polar surface area (TPSA) is 78.4 Å². The van der Waals surface area contributed by atoms with Gasteiger partial charge in [-0.15, -0.1) is 0 Å². The van der Waals surface area contributed by atoms with Gasteiger partial charge in [0.2, 0.25) is 5.91 Å².